The summed E-state index contributed by atoms with van der Waals surface area (Å²) in [5.74, 6) is -0.0865. The van der Waals surface area contributed by atoms with Crippen LogP contribution < -0.4 is 0 Å². The molecule has 1 heterocycles. The minimum absolute atomic E-state index is 0.302. The van der Waals surface area contributed by atoms with Gasteiger partial charge in [0.2, 0.25) is 0 Å². The van der Waals surface area contributed by atoms with E-state index in [2.05, 4.69) is 11.9 Å². The third-order valence-corrected chi connectivity index (χ3v) is 2.76. The third-order valence-electron chi connectivity index (χ3n) is 2.76. The molecule has 94 valence electrons. The minimum Gasteiger partial charge on any atom is -0.478 e. The highest BCUT2D eigenvalue weighted by atomic mass is 16.4. The molecule has 0 aliphatic rings. The lowest BCUT2D eigenvalue weighted by atomic mass is 10.1. The Morgan fingerprint density at radius 3 is 2.83 bits per heavy atom. The molecule has 0 bridgehead atoms. The van der Waals surface area contributed by atoms with Crippen LogP contribution in [-0.4, -0.2) is 20.6 Å². The van der Waals surface area contributed by atoms with Crippen LogP contribution in [0.5, 0.6) is 0 Å². The van der Waals surface area contributed by atoms with E-state index in [1.807, 2.05) is 23.8 Å². The first-order valence-corrected chi connectivity index (χ1v) is 5.98. The average molecular weight is 244 g/mol. The van der Waals surface area contributed by atoms with E-state index in [9.17, 15) is 4.79 Å². The van der Waals surface area contributed by atoms with Crippen LogP contribution in [0.1, 0.15) is 29.3 Å². The number of carboxylic acids is 1. The van der Waals surface area contributed by atoms with Gasteiger partial charge in [-0.15, -0.1) is 0 Å². The zero-order valence-corrected chi connectivity index (χ0v) is 10.6. The van der Waals surface area contributed by atoms with Crippen LogP contribution in [-0.2, 0) is 6.54 Å². The van der Waals surface area contributed by atoms with Gasteiger partial charge in [-0.25, -0.2) is 9.78 Å². The van der Waals surface area contributed by atoms with Gasteiger partial charge < -0.3 is 9.67 Å². The van der Waals surface area contributed by atoms with Crippen molar-refractivity contribution in [2.45, 2.75) is 26.8 Å². The van der Waals surface area contributed by atoms with Gasteiger partial charge in [-0.2, -0.15) is 0 Å². The van der Waals surface area contributed by atoms with E-state index in [4.69, 9.17) is 5.11 Å². The van der Waals surface area contributed by atoms with Gasteiger partial charge in [0.05, 0.1) is 5.56 Å². The highest BCUT2D eigenvalue weighted by molar-refractivity contribution is 5.89. The lowest BCUT2D eigenvalue weighted by molar-refractivity contribution is 0.0697. The van der Waals surface area contributed by atoms with Crippen molar-refractivity contribution in [3.63, 3.8) is 0 Å². The van der Waals surface area contributed by atoms with Crippen molar-refractivity contribution in [1.29, 1.82) is 0 Å². The molecule has 0 spiro atoms. The molecule has 4 heteroatoms. The van der Waals surface area contributed by atoms with Crippen LogP contribution in [0.15, 0.2) is 30.6 Å². The van der Waals surface area contributed by atoms with E-state index < -0.39 is 5.97 Å². The topological polar surface area (TPSA) is 55.1 Å². The van der Waals surface area contributed by atoms with Gasteiger partial charge in [-0.05, 0) is 37.1 Å². The maximum Gasteiger partial charge on any atom is 0.335 e. The van der Waals surface area contributed by atoms with Gasteiger partial charge in [-0.3, -0.25) is 0 Å². The van der Waals surface area contributed by atoms with E-state index in [1.54, 1.807) is 18.3 Å². The summed E-state index contributed by atoms with van der Waals surface area (Å²) in [5, 5.41) is 9.08. The maximum atomic E-state index is 11.1. The smallest absolute Gasteiger partial charge is 0.335 e. The fourth-order valence-electron chi connectivity index (χ4n) is 2.03. The zero-order valence-electron chi connectivity index (χ0n) is 10.6. The molecule has 2 aromatic rings. The molecule has 1 N–H and O–H groups in total. The first-order valence-electron chi connectivity index (χ1n) is 5.98. The fourth-order valence-corrected chi connectivity index (χ4v) is 2.03. The Hall–Kier alpha value is -2.10. The molecule has 0 saturated carbocycles. The normalized spacial score (nSPS) is 10.6. The summed E-state index contributed by atoms with van der Waals surface area (Å²) >= 11 is 0. The second-order valence-electron chi connectivity index (χ2n) is 4.34. The number of aromatic nitrogens is 2. The molecule has 0 atom stereocenters. The van der Waals surface area contributed by atoms with Crippen LogP contribution >= 0.6 is 0 Å². The monoisotopic (exact) mass is 244 g/mol. The zero-order chi connectivity index (χ0) is 13.1. The van der Waals surface area contributed by atoms with E-state index in [-0.39, 0.29) is 0 Å². The number of aryl methyl sites for hydroxylation is 2. The van der Waals surface area contributed by atoms with Gasteiger partial charge in [-0.1, -0.05) is 6.92 Å². The van der Waals surface area contributed by atoms with E-state index in [0.29, 0.717) is 5.56 Å². The fraction of sp³-hybridized carbons (Fsp3) is 0.286. The summed E-state index contributed by atoms with van der Waals surface area (Å²) in [7, 11) is 0. The Bertz CT molecular complexity index is 573. The summed E-state index contributed by atoms with van der Waals surface area (Å²) in [4.78, 5) is 15.4. The summed E-state index contributed by atoms with van der Waals surface area (Å²) in [6.45, 7) is 4.87. The van der Waals surface area contributed by atoms with Crippen molar-refractivity contribution in [2.24, 2.45) is 0 Å². The van der Waals surface area contributed by atoms with Crippen molar-refractivity contribution < 1.29 is 9.90 Å². The van der Waals surface area contributed by atoms with Crippen LogP contribution in [0.4, 0.5) is 0 Å². The quantitative estimate of drug-likeness (QED) is 0.899. The van der Waals surface area contributed by atoms with E-state index in [1.165, 1.54) is 0 Å². The number of rotatable bonds is 4. The molecular formula is C14H16N2O2. The van der Waals surface area contributed by atoms with Crippen molar-refractivity contribution in [1.82, 2.24) is 9.55 Å². The molecule has 0 saturated heterocycles. The van der Waals surface area contributed by atoms with Gasteiger partial charge in [0.1, 0.15) is 5.82 Å². The Labute approximate surface area is 106 Å². The molecule has 0 radical (unpaired) electrons. The molecule has 18 heavy (non-hydrogen) atoms. The van der Waals surface area contributed by atoms with Crippen molar-refractivity contribution in [3.8, 4) is 11.4 Å². The van der Waals surface area contributed by atoms with Crippen LogP contribution in [0.3, 0.4) is 0 Å². The molecule has 1 aromatic heterocycles. The van der Waals surface area contributed by atoms with Crippen molar-refractivity contribution in [3.05, 3.63) is 41.7 Å². The third kappa shape index (κ3) is 2.42. The largest absolute Gasteiger partial charge is 0.478 e. The number of hydrogen-bond donors (Lipinski definition) is 1. The Morgan fingerprint density at radius 1 is 1.39 bits per heavy atom. The van der Waals surface area contributed by atoms with E-state index in [0.717, 1.165) is 29.9 Å². The average Bonchev–Trinajstić information content (AvgIpc) is 2.77. The molecule has 1 aromatic carbocycles. The highest BCUT2D eigenvalue weighted by Crippen LogP contribution is 2.21. The Kier molecular flexibility index (Phi) is 3.46. The van der Waals surface area contributed by atoms with Gasteiger partial charge in [0.25, 0.3) is 0 Å². The number of carboxylic acid groups (broad SMARTS) is 1. The Balaban J connectivity index is 2.49. The maximum absolute atomic E-state index is 11.1. The molecular weight excluding hydrogens is 228 g/mol. The number of imidazole rings is 1. The molecule has 0 aliphatic carbocycles. The molecule has 2 rings (SSSR count). The summed E-state index contributed by atoms with van der Waals surface area (Å²) in [6, 6.07) is 5.30. The van der Waals surface area contributed by atoms with Gasteiger partial charge in [0, 0.05) is 24.5 Å². The predicted octanol–water partition coefficient (Wildman–Crippen LogP) is 2.97. The van der Waals surface area contributed by atoms with E-state index >= 15 is 0 Å². The predicted molar refractivity (Wildman–Crippen MR) is 69.7 cm³/mol. The number of nitrogens with zero attached hydrogens (tertiary/aromatic N) is 2. The standard InChI is InChI=1S/C14H16N2O2/c1-3-5-16-6-4-15-13(16)11-7-10(2)8-12(9-11)14(17)18/h4,6-9H,3,5H2,1-2H3,(H,17,18). The summed E-state index contributed by atoms with van der Waals surface area (Å²) in [6.07, 6.45) is 4.68. The molecule has 0 unspecified atom stereocenters. The molecule has 4 nitrogen and oxygen atoms in total. The number of carbonyl (C=O) groups is 1. The molecule has 0 aliphatic heterocycles. The van der Waals surface area contributed by atoms with Crippen LogP contribution in [0, 0.1) is 6.92 Å². The second-order valence-corrected chi connectivity index (χ2v) is 4.34. The number of hydrogen-bond acceptors (Lipinski definition) is 2. The SMILES string of the molecule is CCCn1ccnc1-c1cc(C)cc(C(=O)O)c1. The Morgan fingerprint density at radius 2 is 2.17 bits per heavy atom. The highest BCUT2D eigenvalue weighted by Gasteiger charge is 2.10. The van der Waals surface area contributed by atoms with Gasteiger partial charge >= 0.3 is 5.97 Å². The first kappa shape index (κ1) is 12.4. The van der Waals surface area contributed by atoms with Crippen LogP contribution in [0.2, 0.25) is 0 Å². The number of benzene rings is 1. The second kappa shape index (κ2) is 5.04. The minimum atomic E-state index is -0.909. The van der Waals surface area contributed by atoms with Crippen molar-refractivity contribution in [2.75, 3.05) is 0 Å². The van der Waals surface area contributed by atoms with Crippen molar-refractivity contribution >= 4 is 5.97 Å². The summed E-state index contributed by atoms with van der Waals surface area (Å²) < 4.78 is 2.04. The molecule has 0 amide bonds. The molecule has 0 fully saturated rings. The lowest BCUT2D eigenvalue weighted by Gasteiger charge is -2.08. The van der Waals surface area contributed by atoms with Crippen LogP contribution in [0.25, 0.3) is 11.4 Å². The lowest BCUT2D eigenvalue weighted by Crippen LogP contribution is -2.01. The summed E-state index contributed by atoms with van der Waals surface area (Å²) in [5.41, 5.74) is 2.08. The first-order chi connectivity index (χ1) is 8.61. The van der Waals surface area contributed by atoms with Gasteiger partial charge in [0.15, 0.2) is 0 Å². The number of aromatic carboxylic acids is 1.